The molecule has 1 saturated heterocycles. The fourth-order valence-corrected chi connectivity index (χ4v) is 3.35. The molecule has 0 unspecified atom stereocenters. The van der Waals surface area contributed by atoms with Gasteiger partial charge in [0.2, 0.25) is 0 Å². The van der Waals surface area contributed by atoms with Gasteiger partial charge in [-0.05, 0) is 24.1 Å². The third-order valence-electron chi connectivity index (χ3n) is 5.21. The number of benzene rings is 1. The molecule has 5 heteroatoms. The molecule has 0 amide bonds. The lowest BCUT2D eigenvalue weighted by Crippen LogP contribution is -2.45. The van der Waals surface area contributed by atoms with Crippen LogP contribution in [-0.4, -0.2) is 74.0 Å². The number of nitrogens with one attached hydrogen (secondary N) is 1. The monoisotopic (exact) mass is 359 g/mol. The van der Waals surface area contributed by atoms with Crippen LogP contribution in [0.2, 0.25) is 0 Å². The third-order valence-corrected chi connectivity index (χ3v) is 5.21. The fourth-order valence-electron chi connectivity index (χ4n) is 3.35. The second kappa shape index (κ2) is 11.2. The second-order valence-corrected chi connectivity index (χ2v) is 7.20. The van der Waals surface area contributed by atoms with Gasteiger partial charge >= 0.3 is 0 Å². The lowest BCUT2D eigenvalue weighted by atomic mass is 10.1. The summed E-state index contributed by atoms with van der Waals surface area (Å²) in [6.45, 7) is 13.3. The van der Waals surface area contributed by atoms with Gasteiger partial charge in [-0.1, -0.05) is 44.5 Å². The van der Waals surface area contributed by atoms with E-state index in [-0.39, 0.29) is 0 Å². The van der Waals surface area contributed by atoms with Crippen molar-refractivity contribution < 1.29 is 0 Å². The molecule has 0 bridgehead atoms. The number of hydrogen-bond donors (Lipinski definition) is 1. The summed E-state index contributed by atoms with van der Waals surface area (Å²) in [4.78, 5) is 11.7. The smallest absolute Gasteiger partial charge is 0.193 e. The van der Waals surface area contributed by atoms with Crippen molar-refractivity contribution in [1.82, 2.24) is 20.0 Å². The Kier molecular flexibility index (Phi) is 8.92. The van der Waals surface area contributed by atoms with Gasteiger partial charge in [-0.3, -0.25) is 9.89 Å². The lowest BCUT2D eigenvalue weighted by Gasteiger charge is -2.34. The number of piperazine rings is 1. The normalized spacial score (nSPS) is 16.7. The van der Waals surface area contributed by atoms with E-state index in [1.165, 1.54) is 56.7 Å². The minimum atomic E-state index is 0.818. The van der Waals surface area contributed by atoms with Crippen LogP contribution in [-0.2, 0) is 13.1 Å². The summed E-state index contributed by atoms with van der Waals surface area (Å²) in [5, 5.41) is 3.47. The van der Waals surface area contributed by atoms with Gasteiger partial charge in [0, 0.05) is 59.9 Å². The van der Waals surface area contributed by atoms with Crippen molar-refractivity contribution in [1.29, 1.82) is 0 Å². The maximum atomic E-state index is 4.38. The highest BCUT2D eigenvalue weighted by molar-refractivity contribution is 5.79. The minimum Gasteiger partial charge on any atom is -0.352 e. The minimum absolute atomic E-state index is 0.818. The number of aliphatic imine (C=N–C) groups is 1. The molecule has 0 atom stereocenters. The fraction of sp³-hybridized carbons (Fsp3) is 0.667. The lowest BCUT2D eigenvalue weighted by molar-refractivity contribution is 0.132. The molecule has 1 heterocycles. The van der Waals surface area contributed by atoms with Crippen LogP contribution in [0.25, 0.3) is 0 Å². The Labute approximate surface area is 160 Å². The summed E-state index contributed by atoms with van der Waals surface area (Å²) < 4.78 is 0. The molecule has 0 radical (unpaired) electrons. The number of guanidine groups is 1. The van der Waals surface area contributed by atoms with E-state index < -0.39 is 0 Å². The molecule has 1 aromatic rings. The Bertz CT molecular complexity index is 532. The predicted octanol–water partition coefficient (Wildman–Crippen LogP) is 2.63. The number of hydrogen-bond acceptors (Lipinski definition) is 3. The molecular weight excluding hydrogens is 322 g/mol. The van der Waals surface area contributed by atoms with Gasteiger partial charge in [0.05, 0.1) is 0 Å². The number of unbranched alkanes of at least 4 members (excludes halogenated alkanes) is 1. The summed E-state index contributed by atoms with van der Waals surface area (Å²) >= 11 is 0. The third kappa shape index (κ3) is 6.61. The molecule has 2 rings (SSSR count). The summed E-state index contributed by atoms with van der Waals surface area (Å²) in [5.41, 5.74) is 2.71. The topological polar surface area (TPSA) is 34.1 Å². The maximum absolute atomic E-state index is 4.38. The van der Waals surface area contributed by atoms with Gasteiger partial charge in [-0.2, -0.15) is 0 Å². The first-order valence-corrected chi connectivity index (χ1v) is 10.1. The van der Waals surface area contributed by atoms with E-state index in [1.807, 2.05) is 7.05 Å². The molecule has 5 nitrogen and oxygen atoms in total. The van der Waals surface area contributed by atoms with E-state index in [0.717, 1.165) is 25.6 Å². The van der Waals surface area contributed by atoms with Crippen LogP contribution in [0.15, 0.2) is 29.3 Å². The van der Waals surface area contributed by atoms with Gasteiger partial charge in [0.25, 0.3) is 0 Å². The Morgan fingerprint density at radius 1 is 1.04 bits per heavy atom. The van der Waals surface area contributed by atoms with Gasteiger partial charge in [-0.25, -0.2) is 0 Å². The van der Waals surface area contributed by atoms with Crippen LogP contribution in [0.5, 0.6) is 0 Å². The van der Waals surface area contributed by atoms with E-state index in [9.17, 15) is 0 Å². The molecule has 1 aliphatic heterocycles. The highest BCUT2D eigenvalue weighted by atomic mass is 15.3. The Morgan fingerprint density at radius 3 is 2.23 bits per heavy atom. The average molecular weight is 360 g/mol. The first-order chi connectivity index (χ1) is 12.7. The molecule has 146 valence electrons. The number of likely N-dealkylation sites (N-methyl/N-ethyl adjacent to an activating group) is 1. The highest BCUT2D eigenvalue weighted by Gasteiger charge is 2.15. The average Bonchev–Trinajstić information content (AvgIpc) is 2.68. The molecule has 1 aliphatic rings. The first-order valence-electron chi connectivity index (χ1n) is 10.1. The predicted molar refractivity (Wildman–Crippen MR) is 112 cm³/mol. The second-order valence-electron chi connectivity index (χ2n) is 7.20. The van der Waals surface area contributed by atoms with Crippen molar-refractivity contribution in [3.05, 3.63) is 35.4 Å². The van der Waals surface area contributed by atoms with Gasteiger partial charge in [0.15, 0.2) is 5.96 Å². The van der Waals surface area contributed by atoms with Crippen LogP contribution < -0.4 is 5.32 Å². The Hall–Kier alpha value is -1.59. The summed E-state index contributed by atoms with van der Waals surface area (Å²) in [7, 11) is 3.96. The van der Waals surface area contributed by atoms with Crippen LogP contribution in [0.4, 0.5) is 0 Å². The maximum Gasteiger partial charge on any atom is 0.193 e. The molecule has 0 spiro atoms. The highest BCUT2D eigenvalue weighted by Crippen LogP contribution is 2.10. The summed E-state index contributed by atoms with van der Waals surface area (Å²) in [5.74, 6) is 0.969. The summed E-state index contributed by atoms with van der Waals surface area (Å²) in [6, 6.07) is 9.02. The van der Waals surface area contributed by atoms with E-state index >= 15 is 0 Å². The molecular formula is C21H37N5. The molecule has 0 saturated carbocycles. The van der Waals surface area contributed by atoms with Crippen LogP contribution in [0.3, 0.4) is 0 Å². The van der Waals surface area contributed by atoms with Crippen molar-refractivity contribution >= 4 is 5.96 Å². The Morgan fingerprint density at radius 2 is 1.65 bits per heavy atom. The molecule has 1 fully saturated rings. The number of nitrogens with zero attached hydrogens (tertiary/aromatic N) is 4. The van der Waals surface area contributed by atoms with Crippen molar-refractivity contribution in [3.8, 4) is 0 Å². The number of rotatable bonds is 8. The van der Waals surface area contributed by atoms with Gasteiger partial charge in [-0.15, -0.1) is 0 Å². The van der Waals surface area contributed by atoms with Crippen molar-refractivity contribution in [2.45, 2.75) is 39.8 Å². The standard InChI is InChI=1S/C21H37N5/c1-5-7-12-24(4)21(22-3)23-17-19-8-10-20(11-9-19)18-26-15-13-25(6-2)14-16-26/h8-11H,5-7,12-18H2,1-4H3,(H,22,23). The SMILES string of the molecule is CCCCN(C)C(=NC)NCc1ccc(CN2CCN(CC)CC2)cc1. The van der Waals surface area contributed by atoms with Gasteiger partial charge in [0.1, 0.15) is 0 Å². The zero-order chi connectivity index (χ0) is 18.8. The molecule has 0 aromatic heterocycles. The summed E-state index contributed by atoms with van der Waals surface area (Å²) in [6.07, 6.45) is 2.40. The zero-order valence-corrected chi connectivity index (χ0v) is 17.2. The van der Waals surface area contributed by atoms with E-state index in [0.29, 0.717) is 0 Å². The van der Waals surface area contributed by atoms with Crippen LogP contribution >= 0.6 is 0 Å². The molecule has 1 aromatic carbocycles. The Balaban J connectivity index is 1.78. The largest absolute Gasteiger partial charge is 0.352 e. The van der Waals surface area contributed by atoms with E-state index in [1.54, 1.807) is 0 Å². The van der Waals surface area contributed by atoms with E-state index in [4.69, 9.17) is 0 Å². The molecule has 1 N–H and O–H groups in total. The van der Waals surface area contributed by atoms with E-state index in [2.05, 4.69) is 70.2 Å². The van der Waals surface area contributed by atoms with Crippen molar-refractivity contribution in [3.63, 3.8) is 0 Å². The van der Waals surface area contributed by atoms with Crippen LogP contribution in [0.1, 0.15) is 37.8 Å². The zero-order valence-electron chi connectivity index (χ0n) is 17.2. The van der Waals surface area contributed by atoms with Crippen molar-refractivity contribution in [2.24, 2.45) is 4.99 Å². The molecule has 0 aliphatic carbocycles. The molecule has 26 heavy (non-hydrogen) atoms. The van der Waals surface area contributed by atoms with Gasteiger partial charge < -0.3 is 15.1 Å². The first kappa shape index (κ1) is 20.7. The van der Waals surface area contributed by atoms with Crippen LogP contribution in [0, 0.1) is 0 Å². The quantitative estimate of drug-likeness (QED) is 0.572. The van der Waals surface area contributed by atoms with Crippen molar-refractivity contribution in [2.75, 3.05) is 53.4 Å².